The first kappa shape index (κ1) is 16.0. The van der Waals surface area contributed by atoms with E-state index in [2.05, 4.69) is 0 Å². The summed E-state index contributed by atoms with van der Waals surface area (Å²) in [6, 6.07) is 2.39. The van der Waals surface area contributed by atoms with Gasteiger partial charge in [-0.3, -0.25) is 0 Å². The first-order valence-corrected chi connectivity index (χ1v) is 8.46. The van der Waals surface area contributed by atoms with E-state index in [4.69, 9.17) is 28.9 Å². The summed E-state index contributed by atoms with van der Waals surface area (Å²) in [6.07, 6.45) is 2.48. The molecular weight excluding hydrogens is 326 g/mol. The molecule has 0 aliphatic carbocycles. The second-order valence-electron chi connectivity index (χ2n) is 4.71. The average molecular weight is 341 g/mol. The number of hydrogen-bond donors (Lipinski definition) is 1. The molecule has 1 aromatic rings. The van der Waals surface area contributed by atoms with Crippen molar-refractivity contribution in [3.63, 3.8) is 0 Å². The van der Waals surface area contributed by atoms with Crippen molar-refractivity contribution in [3.05, 3.63) is 28.0 Å². The maximum Gasteiger partial charge on any atom is 0.246 e. The maximum absolute atomic E-state index is 13.7. The van der Waals surface area contributed by atoms with Crippen LogP contribution >= 0.6 is 23.2 Å². The second-order valence-corrected chi connectivity index (χ2v) is 7.35. The van der Waals surface area contributed by atoms with Gasteiger partial charge in [0.05, 0.1) is 16.2 Å². The average Bonchev–Trinajstić information content (AvgIpc) is 2.60. The van der Waals surface area contributed by atoms with E-state index in [1.807, 2.05) is 0 Å². The zero-order valence-electron chi connectivity index (χ0n) is 10.7. The molecule has 1 unspecified atom stereocenters. The van der Waals surface area contributed by atoms with E-state index in [0.717, 1.165) is 19.3 Å². The van der Waals surface area contributed by atoms with E-state index in [1.54, 1.807) is 0 Å². The van der Waals surface area contributed by atoms with Gasteiger partial charge in [-0.15, -0.1) is 0 Å². The van der Waals surface area contributed by atoms with Crippen LogP contribution in [0.1, 0.15) is 25.7 Å². The molecule has 2 rings (SSSR count). The number of nitrogens with zero attached hydrogens (tertiary/aromatic N) is 1. The Morgan fingerprint density at radius 3 is 2.65 bits per heavy atom. The Morgan fingerprint density at radius 1 is 1.25 bits per heavy atom. The molecule has 0 aromatic heterocycles. The highest BCUT2D eigenvalue weighted by Crippen LogP contribution is 2.32. The monoisotopic (exact) mass is 340 g/mol. The van der Waals surface area contributed by atoms with E-state index < -0.39 is 27.0 Å². The highest BCUT2D eigenvalue weighted by atomic mass is 35.5. The Labute approximate surface area is 127 Å². The molecule has 20 heavy (non-hydrogen) atoms. The van der Waals surface area contributed by atoms with Crippen molar-refractivity contribution < 1.29 is 12.8 Å². The molecule has 0 saturated carbocycles. The maximum atomic E-state index is 13.7. The van der Waals surface area contributed by atoms with Crippen LogP contribution < -0.4 is 5.73 Å². The Balaban J connectivity index is 2.47. The molecule has 0 amide bonds. The highest BCUT2D eigenvalue weighted by molar-refractivity contribution is 7.89. The van der Waals surface area contributed by atoms with Crippen LogP contribution in [0.15, 0.2) is 17.0 Å². The lowest BCUT2D eigenvalue weighted by Gasteiger charge is -2.26. The molecule has 8 heteroatoms. The van der Waals surface area contributed by atoms with Crippen LogP contribution in [-0.2, 0) is 10.0 Å². The summed E-state index contributed by atoms with van der Waals surface area (Å²) in [5.74, 6) is -0.933. The van der Waals surface area contributed by atoms with E-state index in [1.165, 1.54) is 16.4 Å². The molecule has 2 N–H and O–H groups in total. The third-order valence-corrected chi connectivity index (χ3v) is 6.08. The Hall–Kier alpha value is -0.400. The molecule has 112 valence electrons. The van der Waals surface area contributed by atoms with Gasteiger partial charge in [-0.25, -0.2) is 12.8 Å². The van der Waals surface area contributed by atoms with Crippen molar-refractivity contribution in [2.45, 2.75) is 36.7 Å². The summed E-state index contributed by atoms with van der Waals surface area (Å²) in [6.45, 7) is 0.310. The van der Waals surface area contributed by atoms with Crippen LogP contribution in [0.5, 0.6) is 0 Å². The lowest BCUT2D eigenvalue weighted by atomic mass is 10.2. The molecule has 0 spiro atoms. The van der Waals surface area contributed by atoms with Crippen molar-refractivity contribution in [2.75, 3.05) is 6.54 Å². The molecular formula is C12H15Cl2FN2O2S. The van der Waals surface area contributed by atoms with E-state index in [-0.39, 0.29) is 9.92 Å². The SMILES string of the molecule is NC1CCCCCN1S(=O)(=O)c1ccc(Cl)c(F)c1Cl. The molecule has 4 nitrogen and oxygen atoms in total. The van der Waals surface area contributed by atoms with Crippen LogP contribution in [0, 0.1) is 5.82 Å². The van der Waals surface area contributed by atoms with Crippen LogP contribution in [0.3, 0.4) is 0 Å². The zero-order valence-corrected chi connectivity index (χ0v) is 13.0. The predicted octanol–water partition coefficient (Wildman–Crippen LogP) is 2.98. The van der Waals surface area contributed by atoms with Crippen LogP contribution in [0.4, 0.5) is 4.39 Å². The first-order valence-electron chi connectivity index (χ1n) is 6.26. The van der Waals surface area contributed by atoms with Crippen LogP contribution in [0.2, 0.25) is 10.0 Å². The Bertz CT molecular complexity index is 610. The van der Waals surface area contributed by atoms with Gasteiger partial charge >= 0.3 is 0 Å². The van der Waals surface area contributed by atoms with E-state index in [0.29, 0.717) is 13.0 Å². The lowest BCUT2D eigenvalue weighted by molar-refractivity contribution is 0.329. The normalized spacial score (nSPS) is 21.7. The molecule has 1 aliphatic rings. The summed E-state index contributed by atoms with van der Waals surface area (Å²) < 4.78 is 40.1. The predicted molar refractivity (Wildman–Crippen MR) is 76.8 cm³/mol. The zero-order chi connectivity index (χ0) is 14.9. The summed E-state index contributed by atoms with van der Waals surface area (Å²) in [4.78, 5) is -0.293. The van der Waals surface area contributed by atoms with Gasteiger partial charge in [-0.1, -0.05) is 36.0 Å². The van der Waals surface area contributed by atoms with Crippen molar-refractivity contribution in [2.24, 2.45) is 5.73 Å². The van der Waals surface area contributed by atoms with Gasteiger partial charge in [0.2, 0.25) is 10.0 Å². The number of rotatable bonds is 2. The molecule has 1 aromatic carbocycles. The number of sulfonamides is 1. The molecule has 1 fully saturated rings. The summed E-state index contributed by atoms with van der Waals surface area (Å²) >= 11 is 11.4. The fraction of sp³-hybridized carbons (Fsp3) is 0.500. The second kappa shape index (κ2) is 6.15. The third-order valence-electron chi connectivity index (χ3n) is 3.33. The van der Waals surface area contributed by atoms with Crippen molar-refractivity contribution in [1.82, 2.24) is 4.31 Å². The molecule has 0 bridgehead atoms. The minimum absolute atomic E-state index is 0.214. The van der Waals surface area contributed by atoms with Gasteiger partial charge < -0.3 is 5.73 Å². The van der Waals surface area contributed by atoms with E-state index in [9.17, 15) is 12.8 Å². The fourth-order valence-corrected chi connectivity index (χ4v) is 4.54. The van der Waals surface area contributed by atoms with Crippen molar-refractivity contribution >= 4 is 33.2 Å². The first-order chi connectivity index (χ1) is 9.35. The van der Waals surface area contributed by atoms with Crippen LogP contribution in [0.25, 0.3) is 0 Å². The van der Waals surface area contributed by atoms with Gasteiger partial charge in [0, 0.05) is 6.54 Å². The van der Waals surface area contributed by atoms with Crippen molar-refractivity contribution in [3.8, 4) is 0 Å². The van der Waals surface area contributed by atoms with Crippen molar-refractivity contribution in [1.29, 1.82) is 0 Å². The minimum atomic E-state index is -3.93. The minimum Gasteiger partial charge on any atom is -0.315 e. The molecule has 0 radical (unpaired) electrons. The van der Waals surface area contributed by atoms with Gasteiger partial charge in [-0.2, -0.15) is 4.31 Å². The summed E-state index contributed by atoms with van der Waals surface area (Å²) in [5, 5.41) is -0.705. The Morgan fingerprint density at radius 2 is 1.95 bits per heavy atom. The smallest absolute Gasteiger partial charge is 0.246 e. The number of nitrogens with two attached hydrogens (primary N) is 1. The van der Waals surface area contributed by atoms with Gasteiger partial charge in [0.25, 0.3) is 0 Å². The standard InChI is InChI=1S/C12H15Cl2FN2O2S/c13-8-5-6-9(11(14)12(8)15)20(18,19)17-7-3-1-2-4-10(17)16/h5-6,10H,1-4,7,16H2. The number of hydrogen-bond acceptors (Lipinski definition) is 3. The lowest BCUT2D eigenvalue weighted by Crippen LogP contribution is -2.45. The van der Waals surface area contributed by atoms with Gasteiger partial charge in [-0.05, 0) is 25.0 Å². The fourth-order valence-electron chi connectivity index (χ4n) is 2.24. The highest BCUT2D eigenvalue weighted by Gasteiger charge is 2.33. The van der Waals surface area contributed by atoms with Crippen LogP contribution in [-0.4, -0.2) is 25.4 Å². The van der Waals surface area contributed by atoms with Gasteiger partial charge in [0.1, 0.15) is 4.90 Å². The van der Waals surface area contributed by atoms with E-state index >= 15 is 0 Å². The largest absolute Gasteiger partial charge is 0.315 e. The molecule has 1 atom stereocenters. The topological polar surface area (TPSA) is 63.4 Å². The molecule has 1 heterocycles. The summed E-state index contributed by atoms with van der Waals surface area (Å²) in [7, 11) is -3.93. The molecule has 1 aliphatic heterocycles. The third kappa shape index (κ3) is 2.94. The quantitative estimate of drug-likeness (QED) is 0.841. The molecule has 1 saturated heterocycles. The Kier molecular flexibility index (Phi) is 4.92. The summed E-state index contributed by atoms with van der Waals surface area (Å²) in [5.41, 5.74) is 5.90. The number of benzene rings is 1. The van der Waals surface area contributed by atoms with Gasteiger partial charge in [0.15, 0.2) is 5.82 Å². The number of halogens is 3.